The largest absolute Gasteiger partial charge is 0.508 e. The second-order valence-electron chi connectivity index (χ2n) is 11.4. The van der Waals surface area contributed by atoms with Crippen molar-refractivity contribution in [2.24, 2.45) is 0 Å². The van der Waals surface area contributed by atoms with E-state index in [-0.39, 0.29) is 23.7 Å². The number of ether oxygens (including phenoxy) is 1. The molecule has 0 aliphatic carbocycles. The van der Waals surface area contributed by atoms with Gasteiger partial charge in [0, 0.05) is 23.5 Å². The first-order valence-corrected chi connectivity index (χ1v) is 16.8. The first kappa shape index (κ1) is 35.0. The minimum absolute atomic E-state index is 0.0359. The van der Waals surface area contributed by atoms with Gasteiger partial charge < -0.3 is 25.4 Å². The van der Waals surface area contributed by atoms with Gasteiger partial charge in [-0.15, -0.1) is 11.8 Å². The number of phenolic OH excluding ortho intramolecular Hbond substituents is 1. The molecule has 0 aromatic heterocycles. The fourth-order valence-electron chi connectivity index (χ4n) is 5.52. The number of anilines is 2. The molecule has 3 rings (SSSR count). The van der Waals surface area contributed by atoms with Crippen molar-refractivity contribution in [3.8, 4) is 11.5 Å². The minimum atomic E-state index is -0.817. The topological polar surface area (TPSA) is 90.9 Å². The van der Waals surface area contributed by atoms with Gasteiger partial charge in [0.05, 0.1) is 4.90 Å². The Morgan fingerprint density at radius 1 is 1.00 bits per heavy atom. The first-order chi connectivity index (χ1) is 21.2. The summed E-state index contributed by atoms with van der Waals surface area (Å²) >= 11 is 1.57. The number of benzene rings is 3. The van der Waals surface area contributed by atoms with Crippen molar-refractivity contribution in [3.05, 3.63) is 77.9 Å². The van der Waals surface area contributed by atoms with E-state index in [0.29, 0.717) is 11.3 Å². The summed E-state index contributed by atoms with van der Waals surface area (Å²) in [6, 6.07) is 20.1. The van der Waals surface area contributed by atoms with Gasteiger partial charge in [0.15, 0.2) is 12.4 Å². The van der Waals surface area contributed by atoms with Crippen LogP contribution in [-0.2, 0) is 9.59 Å². The molecule has 8 heteroatoms. The van der Waals surface area contributed by atoms with Crippen molar-refractivity contribution in [3.63, 3.8) is 0 Å². The molecule has 0 saturated carbocycles. The third-order valence-electron chi connectivity index (χ3n) is 8.15. The maximum atomic E-state index is 12.9. The molecule has 3 aromatic carbocycles. The van der Waals surface area contributed by atoms with Gasteiger partial charge in [0.1, 0.15) is 17.5 Å². The maximum Gasteiger partial charge on any atom is 0.258 e. The van der Waals surface area contributed by atoms with Crippen LogP contribution in [0.5, 0.6) is 11.5 Å². The van der Waals surface area contributed by atoms with E-state index in [4.69, 9.17) is 4.74 Å². The van der Waals surface area contributed by atoms with Gasteiger partial charge in [-0.25, -0.2) is 0 Å². The van der Waals surface area contributed by atoms with Gasteiger partial charge in [-0.2, -0.15) is 0 Å². The second kappa shape index (κ2) is 17.1. The molecule has 0 bridgehead atoms. The fourth-order valence-corrected chi connectivity index (χ4v) is 6.06. The molecular formula is C36H49N3O4S. The van der Waals surface area contributed by atoms with Crippen LogP contribution in [0.1, 0.15) is 76.5 Å². The van der Waals surface area contributed by atoms with E-state index in [1.54, 1.807) is 23.9 Å². The van der Waals surface area contributed by atoms with E-state index in [0.717, 1.165) is 66.9 Å². The monoisotopic (exact) mass is 619 g/mol. The third kappa shape index (κ3) is 9.50. The van der Waals surface area contributed by atoms with Gasteiger partial charge in [-0.1, -0.05) is 69.9 Å². The molecule has 3 aromatic rings. The maximum absolute atomic E-state index is 12.9. The van der Waals surface area contributed by atoms with Crippen molar-refractivity contribution < 1.29 is 19.4 Å². The van der Waals surface area contributed by atoms with Crippen LogP contribution in [0.15, 0.2) is 71.6 Å². The summed E-state index contributed by atoms with van der Waals surface area (Å²) in [4.78, 5) is 28.6. The van der Waals surface area contributed by atoms with E-state index in [1.165, 1.54) is 19.1 Å². The standard InChI is InChI=1S/C36H49N3O4S/c1-7-9-20-36(37-5,21-10-8-2)25-39(29-14-12-11-13-15-29)31-23-33(44-6)32(22-26(31)3)43-24-34(42)38-35(27(4)40)28-16-18-30(41)19-17-28/h11-19,22-23,35,37,41H,7-10,20-21,24-25H2,1-6H3,(H,38,42). The number of carbonyl (C=O) groups excluding carboxylic acids is 2. The van der Waals surface area contributed by atoms with Crippen LogP contribution < -0.4 is 20.3 Å². The highest BCUT2D eigenvalue weighted by Crippen LogP contribution is 2.39. The molecule has 238 valence electrons. The zero-order valence-corrected chi connectivity index (χ0v) is 27.9. The predicted molar refractivity (Wildman–Crippen MR) is 182 cm³/mol. The lowest BCUT2D eigenvalue weighted by atomic mass is 9.86. The molecule has 1 atom stereocenters. The summed E-state index contributed by atoms with van der Waals surface area (Å²) in [5.74, 6) is 0.121. The number of rotatable bonds is 18. The molecular weight excluding hydrogens is 570 g/mol. The highest BCUT2D eigenvalue weighted by atomic mass is 32.2. The first-order valence-electron chi connectivity index (χ1n) is 15.6. The van der Waals surface area contributed by atoms with Crippen molar-refractivity contribution in [1.29, 1.82) is 0 Å². The van der Waals surface area contributed by atoms with E-state index >= 15 is 0 Å². The Bertz CT molecular complexity index is 1340. The minimum Gasteiger partial charge on any atom is -0.508 e. The van der Waals surface area contributed by atoms with Crippen LogP contribution in [0, 0.1) is 6.92 Å². The van der Waals surface area contributed by atoms with Crippen LogP contribution in [-0.4, -0.2) is 48.8 Å². The highest BCUT2D eigenvalue weighted by molar-refractivity contribution is 7.98. The van der Waals surface area contributed by atoms with E-state index in [1.807, 2.05) is 18.4 Å². The number of amides is 1. The Morgan fingerprint density at radius 3 is 2.18 bits per heavy atom. The molecule has 44 heavy (non-hydrogen) atoms. The molecule has 1 amide bonds. The molecule has 0 heterocycles. The van der Waals surface area contributed by atoms with Crippen LogP contribution >= 0.6 is 11.8 Å². The van der Waals surface area contributed by atoms with Crippen molar-refractivity contribution in [2.45, 2.75) is 82.7 Å². The third-order valence-corrected chi connectivity index (χ3v) is 8.91. The molecule has 3 N–H and O–H groups in total. The van der Waals surface area contributed by atoms with Crippen molar-refractivity contribution in [1.82, 2.24) is 10.6 Å². The smallest absolute Gasteiger partial charge is 0.258 e. The van der Waals surface area contributed by atoms with Crippen molar-refractivity contribution in [2.75, 3.05) is 31.4 Å². The number of thioether (sulfide) groups is 1. The van der Waals surface area contributed by atoms with Gasteiger partial charge in [-0.3, -0.25) is 9.59 Å². The number of Topliss-reactive ketones (excluding diaryl/α,β-unsaturated/α-hetero) is 1. The number of para-hydroxylation sites is 1. The number of carbonyl (C=O) groups is 2. The summed E-state index contributed by atoms with van der Waals surface area (Å²) < 4.78 is 6.06. The molecule has 7 nitrogen and oxygen atoms in total. The molecule has 0 fully saturated rings. The lowest BCUT2D eigenvalue weighted by Crippen LogP contribution is -2.51. The zero-order valence-electron chi connectivity index (χ0n) is 27.1. The van der Waals surface area contributed by atoms with Crippen LogP contribution in [0.25, 0.3) is 0 Å². The number of unbranched alkanes of at least 4 members (excludes halogenated alkanes) is 2. The molecule has 0 aliphatic heterocycles. The van der Waals surface area contributed by atoms with E-state index in [2.05, 4.69) is 73.7 Å². The number of aromatic hydroxyl groups is 1. The summed E-state index contributed by atoms with van der Waals surface area (Å²) in [5, 5.41) is 16.1. The van der Waals surface area contributed by atoms with Crippen LogP contribution in [0.4, 0.5) is 11.4 Å². The van der Waals surface area contributed by atoms with Gasteiger partial charge >= 0.3 is 0 Å². The number of ketones is 1. The average Bonchev–Trinajstić information content (AvgIpc) is 3.03. The Hall–Kier alpha value is -3.49. The molecule has 0 radical (unpaired) electrons. The van der Waals surface area contributed by atoms with E-state index in [9.17, 15) is 14.7 Å². The van der Waals surface area contributed by atoms with Gasteiger partial charge in [0.25, 0.3) is 5.91 Å². The van der Waals surface area contributed by atoms with Crippen LogP contribution in [0.3, 0.4) is 0 Å². The van der Waals surface area contributed by atoms with Crippen molar-refractivity contribution >= 4 is 34.8 Å². The van der Waals surface area contributed by atoms with E-state index < -0.39 is 11.9 Å². The lowest BCUT2D eigenvalue weighted by molar-refractivity contribution is -0.128. The molecule has 1 unspecified atom stereocenters. The SMILES string of the molecule is CCCCC(CCCC)(CN(c1ccccc1)c1cc(SC)c(OCC(=O)NC(C(C)=O)c2ccc(O)cc2)cc1C)NC. The number of phenols is 1. The Morgan fingerprint density at radius 2 is 1.64 bits per heavy atom. The molecule has 0 spiro atoms. The zero-order chi connectivity index (χ0) is 32.1. The number of aryl methyl sites for hydroxylation is 1. The quantitative estimate of drug-likeness (QED) is 0.126. The Balaban J connectivity index is 1.89. The number of nitrogens with one attached hydrogen (secondary N) is 2. The van der Waals surface area contributed by atoms with Gasteiger partial charge in [-0.05, 0) is 87.5 Å². The predicted octanol–water partition coefficient (Wildman–Crippen LogP) is 7.72. The highest BCUT2D eigenvalue weighted by Gasteiger charge is 2.31. The number of likely N-dealkylation sites (N-methyl/N-ethyl adjacent to an activating group) is 1. The second-order valence-corrected chi connectivity index (χ2v) is 12.3. The molecule has 0 saturated heterocycles. The van der Waals surface area contributed by atoms with Crippen LogP contribution in [0.2, 0.25) is 0 Å². The summed E-state index contributed by atoms with van der Waals surface area (Å²) in [6.07, 6.45) is 8.82. The van der Waals surface area contributed by atoms with Gasteiger partial charge in [0.2, 0.25) is 0 Å². The normalized spacial score (nSPS) is 12.0. The Kier molecular flexibility index (Phi) is 13.6. The summed E-state index contributed by atoms with van der Waals surface area (Å²) in [5.41, 5.74) is 3.85. The molecule has 0 aliphatic rings. The number of hydrogen-bond acceptors (Lipinski definition) is 7. The average molecular weight is 620 g/mol. The lowest BCUT2D eigenvalue weighted by Gasteiger charge is -2.40. The Labute approximate surface area is 267 Å². The summed E-state index contributed by atoms with van der Waals surface area (Å²) in [7, 11) is 2.09. The number of nitrogens with zero attached hydrogens (tertiary/aromatic N) is 1. The number of hydrogen-bond donors (Lipinski definition) is 3. The fraction of sp³-hybridized carbons (Fsp3) is 0.444. The summed E-state index contributed by atoms with van der Waals surface area (Å²) in [6.45, 7) is 8.60.